The molecular weight excluding hydrogens is 228 g/mol. The van der Waals surface area contributed by atoms with E-state index in [0.717, 1.165) is 0 Å². The lowest BCUT2D eigenvalue weighted by molar-refractivity contribution is 0.474. The van der Waals surface area contributed by atoms with E-state index < -0.39 is 0 Å². The lowest BCUT2D eigenvalue weighted by atomic mass is 10.1. The summed E-state index contributed by atoms with van der Waals surface area (Å²) in [4.78, 5) is 0. The van der Waals surface area contributed by atoms with Crippen LogP contribution in [-0.4, -0.2) is 5.11 Å². The zero-order chi connectivity index (χ0) is 13.5. The zero-order valence-corrected chi connectivity index (χ0v) is 9.25. The molecule has 0 aliphatic heterocycles. The zero-order valence-electron chi connectivity index (χ0n) is 9.25. The van der Waals surface area contributed by atoms with Gasteiger partial charge in [-0.1, -0.05) is 18.2 Å². The summed E-state index contributed by atoms with van der Waals surface area (Å²) in [5, 5.41) is 35.8. The van der Waals surface area contributed by atoms with Gasteiger partial charge in [0.15, 0.2) is 5.57 Å². The number of aromatic hydroxyl groups is 1. The van der Waals surface area contributed by atoms with E-state index >= 15 is 0 Å². The molecule has 0 radical (unpaired) electrons. The highest BCUT2D eigenvalue weighted by Crippen LogP contribution is 2.21. The molecule has 86 valence electrons. The molecule has 0 aromatic heterocycles. The van der Waals surface area contributed by atoms with Crippen LogP contribution in [0.2, 0.25) is 0 Å². The third-order valence-corrected chi connectivity index (χ3v) is 2.14. The van der Waals surface area contributed by atoms with E-state index in [9.17, 15) is 5.11 Å². The summed E-state index contributed by atoms with van der Waals surface area (Å²) in [6.45, 7) is 0. The molecule has 18 heavy (non-hydrogen) atoms. The van der Waals surface area contributed by atoms with Crippen molar-refractivity contribution in [2.45, 2.75) is 0 Å². The molecule has 1 aromatic rings. The minimum Gasteiger partial charge on any atom is -0.507 e. The number of nitriles is 3. The van der Waals surface area contributed by atoms with Crippen LogP contribution >= 0.6 is 0 Å². The molecule has 1 rings (SSSR count). The summed E-state index contributed by atoms with van der Waals surface area (Å²) in [5.41, 5.74) is 5.35. The number of nitrogens with zero attached hydrogens (tertiary/aromatic N) is 3. The van der Waals surface area contributed by atoms with Crippen LogP contribution in [0, 0.1) is 34.0 Å². The Morgan fingerprint density at radius 2 is 1.72 bits per heavy atom. The maximum Gasteiger partial charge on any atom is 0.153 e. The summed E-state index contributed by atoms with van der Waals surface area (Å²) >= 11 is 0. The lowest BCUT2D eigenvalue weighted by Gasteiger charge is -2.01. The second kappa shape index (κ2) is 5.75. The number of hydrogen-bond donors (Lipinski definition) is 2. The predicted octanol–water partition coefficient (Wildman–Crippen LogP) is 1.56. The number of benzene rings is 1. The van der Waals surface area contributed by atoms with Crippen molar-refractivity contribution in [1.29, 1.82) is 15.8 Å². The predicted molar refractivity (Wildman–Crippen MR) is 64.1 cm³/mol. The van der Waals surface area contributed by atoms with Gasteiger partial charge in [0.2, 0.25) is 0 Å². The molecule has 0 saturated heterocycles. The van der Waals surface area contributed by atoms with Crippen LogP contribution in [0.25, 0.3) is 6.08 Å². The van der Waals surface area contributed by atoms with Gasteiger partial charge in [-0.15, -0.1) is 0 Å². The first-order chi connectivity index (χ1) is 8.63. The number of hydrogen-bond acceptors (Lipinski definition) is 5. The molecule has 5 heteroatoms. The molecule has 0 bridgehead atoms. The van der Waals surface area contributed by atoms with Crippen LogP contribution in [0.1, 0.15) is 5.56 Å². The average molecular weight is 236 g/mol. The highest BCUT2D eigenvalue weighted by Gasteiger charge is 2.08. The Labute approximate surface area is 104 Å². The second-order valence-electron chi connectivity index (χ2n) is 3.24. The van der Waals surface area contributed by atoms with Gasteiger partial charge in [0.1, 0.15) is 24.0 Å². The number of para-hydroxylation sites is 1. The van der Waals surface area contributed by atoms with Crippen molar-refractivity contribution in [2.24, 2.45) is 5.73 Å². The van der Waals surface area contributed by atoms with Gasteiger partial charge in [0.05, 0.1) is 11.3 Å². The smallest absolute Gasteiger partial charge is 0.153 e. The SMILES string of the molecule is N#CC(=Cc1ccccc1O)C(N)=C(C#N)C#N. The first-order valence-electron chi connectivity index (χ1n) is 4.84. The summed E-state index contributed by atoms with van der Waals surface area (Å²) in [6, 6.07) is 11.3. The Bertz CT molecular complexity index is 635. The minimum atomic E-state index is -0.335. The fraction of sp³-hybridized carbons (Fsp3) is 0. The molecule has 1 aromatic carbocycles. The minimum absolute atomic E-state index is 0.0199. The lowest BCUT2D eigenvalue weighted by Crippen LogP contribution is -2.03. The Morgan fingerprint density at radius 1 is 1.11 bits per heavy atom. The van der Waals surface area contributed by atoms with Crippen LogP contribution < -0.4 is 5.73 Å². The van der Waals surface area contributed by atoms with Crippen molar-refractivity contribution in [3.05, 3.63) is 46.7 Å². The van der Waals surface area contributed by atoms with Crippen molar-refractivity contribution in [1.82, 2.24) is 0 Å². The van der Waals surface area contributed by atoms with Gasteiger partial charge in [0, 0.05) is 5.56 Å². The number of phenols is 1. The van der Waals surface area contributed by atoms with Gasteiger partial charge >= 0.3 is 0 Å². The molecule has 0 saturated carbocycles. The highest BCUT2D eigenvalue weighted by atomic mass is 16.3. The van der Waals surface area contributed by atoms with Crippen molar-refractivity contribution in [3.8, 4) is 24.0 Å². The van der Waals surface area contributed by atoms with Gasteiger partial charge in [-0.25, -0.2) is 0 Å². The fourth-order valence-corrected chi connectivity index (χ4v) is 1.22. The van der Waals surface area contributed by atoms with E-state index in [0.29, 0.717) is 5.56 Å². The standard InChI is InChI=1S/C13H8N4O/c14-6-10(13(17)11(7-15)8-16)5-9-3-1-2-4-12(9)18/h1-5,18H,17H2. The molecule has 0 aliphatic rings. The van der Waals surface area contributed by atoms with Crippen LogP contribution in [0.5, 0.6) is 5.75 Å². The normalized spacial score (nSPS) is 9.72. The van der Waals surface area contributed by atoms with Gasteiger partial charge in [-0.05, 0) is 12.1 Å². The fourth-order valence-electron chi connectivity index (χ4n) is 1.22. The molecule has 3 N–H and O–H groups in total. The van der Waals surface area contributed by atoms with Crippen molar-refractivity contribution in [2.75, 3.05) is 0 Å². The summed E-state index contributed by atoms with van der Waals surface area (Å²) in [7, 11) is 0. The van der Waals surface area contributed by atoms with Gasteiger partial charge in [0.25, 0.3) is 0 Å². The maximum absolute atomic E-state index is 9.55. The molecule has 5 nitrogen and oxygen atoms in total. The van der Waals surface area contributed by atoms with Crippen LogP contribution in [0.15, 0.2) is 41.1 Å². The van der Waals surface area contributed by atoms with Gasteiger partial charge < -0.3 is 10.8 Å². The third kappa shape index (κ3) is 2.66. The van der Waals surface area contributed by atoms with Gasteiger partial charge in [-0.2, -0.15) is 15.8 Å². The summed E-state index contributed by atoms with van der Waals surface area (Å²) < 4.78 is 0. The van der Waals surface area contributed by atoms with Gasteiger partial charge in [-0.3, -0.25) is 0 Å². The van der Waals surface area contributed by atoms with E-state index in [4.69, 9.17) is 21.5 Å². The molecule has 0 heterocycles. The molecule has 0 spiro atoms. The maximum atomic E-state index is 9.55. The first kappa shape index (κ1) is 12.8. The first-order valence-corrected chi connectivity index (χ1v) is 4.84. The number of rotatable bonds is 2. The Hall–Kier alpha value is -3.23. The number of nitrogens with two attached hydrogens (primary N) is 1. The molecule has 0 unspecified atom stereocenters. The van der Waals surface area contributed by atoms with E-state index in [-0.39, 0.29) is 22.6 Å². The van der Waals surface area contributed by atoms with Crippen LogP contribution in [0.4, 0.5) is 0 Å². The summed E-state index contributed by atoms with van der Waals surface area (Å²) in [6.07, 6.45) is 1.32. The molecule has 0 fully saturated rings. The van der Waals surface area contributed by atoms with E-state index in [1.165, 1.54) is 12.1 Å². The second-order valence-corrected chi connectivity index (χ2v) is 3.24. The number of allylic oxidation sites excluding steroid dienone is 2. The molecular formula is C13H8N4O. The Kier molecular flexibility index (Phi) is 4.10. The van der Waals surface area contributed by atoms with Crippen LogP contribution in [-0.2, 0) is 0 Å². The van der Waals surface area contributed by atoms with E-state index in [2.05, 4.69) is 0 Å². The third-order valence-electron chi connectivity index (χ3n) is 2.14. The number of phenolic OH excluding ortho intramolecular Hbond substituents is 1. The average Bonchev–Trinajstić information content (AvgIpc) is 2.39. The van der Waals surface area contributed by atoms with E-state index in [1.54, 1.807) is 36.4 Å². The molecule has 0 atom stereocenters. The Balaban J connectivity index is 3.36. The topological polar surface area (TPSA) is 118 Å². The molecule has 0 aliphatic carbocycles. The van der Waals surface area contributed by atoms with Crippen molar-refractivity contribution < 1.29 is 5.11 Å². The monoisotopic (exact) mass is 236 g/mol. The van der Waals surface area contributed by atoms with E-state index in [1.807, 2.05) is 0 Å². The van der Waals surface area contributed by atoms with Crippen LogP contribution in [0.3, 0.4) is 0 Å². The van der Waals surface area contributed by atoms with Crippen molar-refractivity contribution in [3.63, 3.8) is 0 Å². The summed E-state index contributed by atoms with van der Waals surface area (Å²) in [5.74, 6) is -0.0199. The quantitative estimate of drug-likeness (QED) is 0.596. The largest absolute Gasteiger partial charge is 0.507 e. The molecule has 0 amide bonds. The van der Waals surface area contributed by atoms with Crippen molar-refractivity contribution >= 4 is 6.08 Å². The Morgan fingerprint density at radius 3 is 2.22 bits per heavy atom. The highest BCUT2D eigenvalue weighted by molar-refractivity contribution is 5.68.